The molecule has 7 heteroatoms. The van der Waals surface area contributed by atoms with Gasteiger partial charge in [0.2, 0.25) is 0 Å². The maximum atomic E-state index is 12.0. The highest BCUT2D eigenvalue weighted by Gasteiger charge is 2.29. The summed E-state index contributed by atoms with van der Waals surface area (Å²) < 4.78 is 11.1. The molecule has 2 aromatic rings. The van der Waals surface area contributed by atoms with Crippen LogP contribution in [0, 0.1) is 0 Å². The zero-order chi connectivity index (χ0) is 18.7. The number of nitrogens with zero attached hydrogens (tertiary/aromatic N) is 3. The molecular formula is C19H26N4O3. The van der Waals surface area contributed by atoms with Crippen LogP contribution in [0.15, 0.2) is 24.3 Å². The molecule has 0 spiro atoms. The van der Waals surface area contributed by atoms with Crippen LogP contribution in [0.4, 0.5) is 10.6 Å². The van der Waals surface area contributed by atoms with Gasteiger partial charge in [0.05, 0.1) is 23.7 Å². The molecule has 2 heterocycles. The number of carbonyl (C=O) groups excluding carboxylic acids is 1. The highest BCUT2D eigenvalue weighted by Crippen LogP contribution is 2.29. The Morgan fingerprint density at radius 2 is 1.96 bits per heavy atom. The molecule has 1 aliphatic rings. The quantitative estimate of drug-likeness (QED) is 0.905. The molecule has 1 N–H and O–H groups in total. The third kappa shape index (κ3) is 4.33. The number of aromatic nitrogens is 2. The normalized spacial score (nSPS) is 17.4. The van der Waals surface area contributed by atoms with Crippen LogP contribution in [-0.2, 0) is 4.74 Å². The number of carbonyl (C=O) groups is 1. The summed E-state index contributed by atoms with van der Waals surface area (Å²) in [6.07, 6.45) is 0.429. The van der Waals surface area contributed by atoms with Crippen molar-refractivity contribution < 1.29 is 14.3 Å². The molecule has 7 nitrogen and oxygen atoms in total. The van der Waals surface area contributed by atoms with E-state index in [1.54, 1.807) is 0 Å². The van der Waals surface area contributed by atoms with Gasteiger partial charge in [-0.2, -0.15) is 0 Å². The van der Waals surface area contributed by atoms with Gasteiger partial charge in [0, 0.05) is 13.1 Å². The van der Waals surface area contributed by atoms with Crippen LogP contribution < -0.4 is 15.0 Å². The van der Waals surface area contributed by atoms with Crippen LogP contribution in [0.5, 0.6) is 5.88 Å². The van der Waals surface area contributed by atoms with Gasteiger partial charge in [-0.05, 0) is 46.2 Å². The van der Waals surface area contributed by atoms with E-state index in [1.165, 1.54) is 0 Å². The Morgan fingerprint density at radius 3 is 2.62 bits per heavy atom. The van der Waals surface area contributed by atoms with Crippen molar-refractivity contribution in [1.82, 2.24) is 15.3 Å². The number of ether oxygens (including phenoxy) is 2. The lowest BCUT2D eigenvalue weighted by molar-refractivity contribution is 0.0509. The molecule has 0 unspecified atom stereocenters. The summed E-state index contributed by atoms with van der Waals surface area (Å²) >= 11 is 0. The van der Waals surface area contributed by atoms with Gasteiger partial charge in [0.15, 0.2) is 5.82 Å². The summed E-state index contributed by atoms with van der Waals surface area (Å²) in [5.74, 6) is 1.25. The van der Waals surface area contributed by atoms with E-state index in [-0.39, 0.29) is 12.1 Å². The molecule has 1 saturated heterocycles. The number of fused-ring (bicyclic) bond motifs is 1. The Morgan fingerprint density at radius 1 is 1.27 bits per heavy atom. The van der Waals surface area contributed by atoms with E-state index in [2.05, 4.69) is 15.2 Å². The van der Waals surface area contributed by atoms with Gasteiger partial charge in [0.1, 0.15) is 5.60 Å². The second kappa shape index (κ2) is 7.35. The van der Waals surface area contributed by atoms with Crippen molar-refractivity contribution in [3.05, 3.63) is 24.3 Å². The maximum Gasteiger partial charge on any atom is 0.407 e. The molecule has 1 aromatic heterocycles. The Labute approximate surface area is 153 Å². The average molecular weight is 358 g/mol. The molecule has 1 atom stereocenters. The minimum atomic E-state index is -0.506. The van der Waals surface area contributed by atoms with Gasteiger partial charge in [-0.15, -0.1) is 0 Å². The number of nitrogens with one attached hydrogen (secondary N) is 1. The third-order valence-electron chi connectivity index (χ3n) is 4.01. The zero-order valence-corrected chi connectivity index (χ0v) is 15.8. The smallest absolute Gasteiger partial charge is 0.407 e. The molecule has 0 bridgehead atoms. The summed E-state index contributed by atoms with van der Waals surface area (Å²) in [6.45, 7) is 9.43. The summed E-state index contributed by atoms with van der Waals surface area (Å²) in [4.78, 5) is 23.4. The first-order valence-corrected chi connectivity index (χ1v) is 9.00. The average Bonchev–Trinajstić information content (AvgIpc) is 3.01. The van der Waals surface area contributed by atoms with Crippen molar-refractivity contribution in [2.24, 2.45) is 0 Å². The topological polar surface area (TPSA) is 76.6 Å². The van der Waals surface area contributed by atoms with Crippen molar-refractivity contribution >= 4 is 22.9 Å². The van der Waals surface area contributed by atoms with Gasteiger partial charge >= 0.3 is 6.09 Å². The van der Waals surface area contributed by atoms with Crippen molar-refractivity contribution in [2.45, 2.75) is 45.8 Å². The van der Waals surface area contributed by atoms with Gasteiger partial charge in [-0.25, -0.2) is 14.8 Å². The van der Waals surface area contributed by atoms with Crippen LogP contribution in [0.25, 0.3) is 11.0 Å². The van der Waals surface area contributed by atoms with Gasteiger partial charge < -0.3 is 19.7 Å². The monoisotopic (exact) mass is 358 g/mol. The second-order valence-corrected chi connectivity index (χ2v) is 7.35. The minimum Gasteiger partial charge on any atom is -0.475 e. The van der Waals surface area contributed by atoms with Crippen LogP contribution in [0.3, 0.4) is 0 Å². The molecular weight excluding hydrogens is 332 g/mol. The summed E-state index contributed by atoms with van der Waals surface area (Å²) in [7, 11) is 0. The molecule has 26 heavy (non-hydrogen) atoms. The van der Waals surface area contributed by atoms with E-state index in [9.17, 15) is 4.79 Å². The first kappa shape index (κ1) is 18.2. The van der Waals surface area contributed by atoms with Crippen LogP contribution in [0.2, 0.25) is 0 Å². The highest BCUT2D eigenvalue weighted by molar-refractivity contribution is 5.77. The van der Waals surface area contributed by atoms with Crippen LogP contribution in [-0.4, -0.2) is 47.4 Å². The predicted octanol–water partition coefficient (Wildman–Crippen LogP) is 3.13. The van der Waals surface area contributed by atoms with E-state index in [0.717, 1.165) is 29.8 Å². The summed E-state index contributed by atoms with van der Waals surface area (Å²) in [5, 5.41) is 2.93. The van der Waals surface area contributed by atoms with E-state index in [1.807, 2.05) is 52.0 Å². The summed E-state index contributed by atoms with van der Waals surface area (Å²) in [5.41, 5.74) is 1.13. The highest BCUT2D eigenvalue weighted by atomic mass is 16.6. The summed E-state index contributed by atoms with van der Waals surface area (Å²) in [6, 6.07) is 7.74. The number of anilines is 1. The maximum absolute atomic E-state index is 12.0. The van der Waals surface area contributed by atoms with Crippen molar-refractivity contribution in [3.63, 3.8) is 0 Å². The fourth-order valence-corrected chi connectivity index (χ4v) is 2.96. The van der Waals surface area contributed by atoms with E-state index in [4.69, 9.17) is 14.5 Å². The van der Waals surface area contributed by atoms with Crippen molar-refractivity contribution in [1.29, 1.82) is 0 Å². The molecule has 140 valence electrons. The van der Waals surface area contributed by atoms with Crippen LogP contribution >= 0.6 is 0 Å². The number of amides is 1. The first-order valence-electron chi connectivity index (χ1n) is 9.00. The predicted molar refractivity (Wildman–Crippen MR) is 101 cm³/mol. The van der Waals surface area contributed by atoms with Gasteiger partial charge in [-0.1, -0.05) is 12.1 Å². The molecule has 0 saturated carbocycles. The number of hydrogen-bond acceptors (Lipinski definition) is 6. The lowest BCUT2D eigenvalue weighted by Gasteiger charge is -2.22. The minimum absolute atomic E-state index is 0.00703. The van der Waals surface area contributed by atoms with E-state index >= 15 is 0 Å². The number of para-hydroxylation sites is 2. The number of benzene rings is 1. The number of rotatable bonds is 4. The fourth-order valence-electron chi connectivity index (χ4n) is 2.96. The molecule has 1 fully saturated rings. The first-order chi connectivity index (χ1) is 12.4. The molecule has 3 rings (SSSR count). The van der Waals surface area contributed by atoms with Gasteiger partial charge in [0.25, 0.3) is 5.88 Å². The van der Waals surface area contributed by atoms with E-state index < -0.39 is 5.60 Å². The Balaban J connectivity index is 1.75. The van der Waals surface area contributed by atoms with E-state index in [0.29, 0.717) is 19.0 Å². The molecule has 1 amide bonds. The SMILES string of the molecule is CCOc1nc2ccccc2nc1N1CC[C@@H](NC(=O)OC(C)(C)C)C1. The molecule has 1 aliphatic heterocycles. The zero-order valence-electron chi connectivity index (χ0n) is 15.8. The largest absolute Gasteiger partial charge is 0.475 e. The van der Waals surface area contributed by atoms with Crippen LogP contribution in [0.1, 0.15) is 34.1 Å². The van der Waals surface area contributed by atoms with Crippen molar-refractivity contribution in [2.75, 3.05) is 24.6 Å². The Hall–Kier alpha value is -2.57. The van der Waals surface area contributed by atoms with Crippen molar-refractivity contribution in [3.8, 4) is 5.88 Å². The lowest BCUT2D eigenvalue weighted by atomic mass is 10.2. The number of alkyl carbamates (subject to hydrolysis) is 1. The Kier molecular flexibility index (Phi) is 5.15. The van der Waals surface area contributed by atoms with Gasteiger partial charge in [-0.3, -0.25) is 0 Å². The number of hydrogen-bond donors (Lipinski definition) is 1. The second-order valence-electron chi connectivity index (χ2n) is 7.35. The lowest BCUT2D eigenvalue weighted by Crippen LogP contribution is -2.40. The standard InChI is InChI=1S/C19H26N4O3/c1-5-25-17-16(21-14-8-6-7-9-15(14)22-17)23-11-10-13(12-23)20-18(24)26-19(2,3)4/h6-9,13H,5,10-12H2,1-4H3,(H,20,24)/t13-/m1/s1. The molecule has 0 aliphatic carbocycles. The Bertz CT molecular complexity index is 788. The fraction of sp³-hybridized carbons (Fsp3) is 0.526. The third-order valence-corrected chi connectivity index (χ3v) is 4.01. The molecule has 1 aromatic carbocycles. The molecule has 0 radical (unpaired) electrons.